The van der Waals surface area contributed by atoms with Gasteiger partial charge in [0.25, 0.3) is 0 Å². The zero-order valence-electron chi connectivity index (χ0n) is 14.7. The predicted octanol–water partition coefficient (Wildman–Crippen LogP) is 4.98. The summed E-state index contributed by atoms with van der Waals surface area (Å²) in [5, 5.41) is 0.494. The molecule has 0 saturated carbocycles. The van der Waals surface area contributed by atoms with Crippen molar-refractivity contribution < 1.29 is 9.18 Å². The first-order valence-corrected chi connectivity index (χ1v) is 8.85. The second kappa shape index (κ2) is 6.94. The lowest BCUT2D eigenvalue weighted by molar-refractivity contribution is -0.112. The monoisotopic (exact) mass is 391 g/mol. The normalized spacial score (nSPS) is 10.9. The van der Waals surface area contributed by atoms with Crippen LogP contribution in [0.2, 0.25) is 5.02 Å². The summed E-state index contributed by atoms with van der Waals surface area (Å²) in [4.78, 5) is 16.0. The van der Waals surface area contributed by atoms with Gasteiger partial charge in [0.15, 0.2) is 5.82 Å². The zero-order chi connectivity index (χ0) is 19.8. The highest BCUT2D eigenvalue weighted by molar-refractivity contribution is 6.31. The Labute approximate surface area is 165 Å². The highest BCUT2D eigenvalue weighted by Crippen LogP contribution is 2.33. The van der Waals surface area contributed by atoms with Gasteiger partial charge in [0.05, 0.1) is 21.9 Å². The maximum atomic E-state index is 14.4. The molecule has 28 heavy (non-hydrogen) atoms. The second-order valence-corrected chi connectivity index (χ2v) is 6.68. The number of hydrogen-bond acceptors (Lipinski definition) is 2. The van der Waals surface area contributed by atoms with Crippen LogP contribution in [0.5, 0.6) is 0 Å². The number of aromatic nitrogens is 2. The highest BCUT2D eigenvalue weighted by atomic mass is 35.5. The zero-order valence-corrected chi connectivity index (χ0v) is 15.4. The molecule has 2 N–H and O–H groups in total. The van der Waals surface area contributed by atoms with Crippen molar-refractivity contribution in [2.45, 2.75) is 0 Å². The summed E-state index contributed by atoms with van der Waals surface area (Å²) in [6, 6.07) is 15.9. The lowest BCUT2D eigenvalue weighted by Gasteiger charge is -2.14. The number of pyridine rings is 1. The maximum absolute atomic E-state index is 14.4. The van der Waals surface area contributed by atoms with Gasteiger partial charge >= 0.3 is 0 Å². The molecule has 0 aliphatic rings. The van der Waals surface area contributed by atoms with E-state index in [9.17, 15) is 9.18 Å². The molecule has 4 aromatic rings. The summed E-state index contributed by atoms with van der Waals surface area (Å²) in [6.45, 7) is 3.76. The van der Waals surface area contributed by atoms with E-state index in [2.05, 4.69) is 11.6 Å². The Kier molecular flexibility index (Phi) is 4.45. The molecular weight excluding hydrogens is 377 g/mol. The van der Waals surface area contributed by atoms with E-state index in [0.717, 1.165) is 11.3 Å². The molecule has 6 heteroatoms. The Bertz CT molecular complexity index is 1230. The molecule has 0 aliphatic carbocycles. The Morgan fingerprint density at radius 2 is 1.96 bits per heavy atom. The average molecular weight is 392 g/mol. The van der Waals surface area contributed by atoms with E-state index in [0.29, 0.717) is 22.2 Å². The molecule has 1 amide bonds. The van der Waals surface area contributed by atoms with Crippen molar-refractivity contribution in [3.63, 3.8) is 0 Å². The lowest BCUT2D eigenvalue weighted by Crippen LogP contribution is -2.12. The molecule has 0 radical (unpaired) electrons. The molecule has 2 aromatic heterocycles. The van der Waals surface area contributed by atoms with Crippen LogP contribution < -0.4 is 5.73 Å². The smallest absolute Gasteiger partial charge is 0.248 e. The number of hydrogen-bond donors (Lipinski definition) is 1. The first-order valence-electron chi connectivity index (χ1n) is 8.47. The van der Waals surface area contributed by atoms with Gasteiger partial charge in [-0.3, -0.25) is 9.78 Å². The molecule has 0 spiro atoms. The predicted molar refractivity (Wildman–Crippen MR) is 110 cm³/mol. The number of nitrogens with two attached hydrogens (primary N) is 1. The summed E-state index contributed by atoms with van der Waals surface area (Å²) < 4.78 is 16.2. The number of carbonyl (C=O) groups is 1. The van der Waals surface area contributed by atoms with Crippen molar-refractivity contribution in [3.8, 4) is 16.9 Å². The van der Waals surface area contributed by atoms with Crippen LogP contribution in [0, 0.1) is 5.82 Å². The van der Waals surface area contributed by atoms with Gasteiger partial charge in [-0.2, -0.15) is 0 Å². The number of primary amides is 1. The van der Waals surface area contributed by atoms with Gasteiger partial charge < -0.3 is 10.3 Å². The number of rotatable bonds is 4. The molecule has 0 bridgehead atoms. The van der Waals surface area contributed by atoms with Crippen LogP contribution in [-0.2, 0) is 4.79 Å². The first-order chi connectivity index (χ1) is 13.5. The average Bonchev–Trinajstić information content (AvgIpc) is 3.15. The van der Waals surface area contributed by atoms with Gasteiger partial charge in [-0.1, -0.05) is 30.3 Å². The van der Waals surface area contributed by atoms with Crippen molar-refractivity contribution in [2.24, 2.45) is 5.73 Å². The fraction of sp³-hybridized carbons (Fsp3) is 0. The van der Waals surface area contributed by atoms with Crippen molar-refractivity contribution in [3.05, 3.63) is 90.0 Å². The van der Waals surface area contributed by atoms with Crippen LogP contribution >= 0.6 is 11.6 Å². The molecule has 0 atom stereocenters. The Hall–Kier alpha value is -3.44. The summed E-state index contributed by atoms with van der Waals surface area (Å²) in [7, 11) is 0. The third-order valence-corrected chi connectivity index (χ3v) is 4.89. The van der Waals surface area contributed by atoms with Crippen molar-refractivity contribution in [1.29, 1.82) is 0 Å². The Morgan fingerprint density at radius 3 is 2.68 bits per heavy atom. The number of fused-ring (bicyclic) bond motifs is 1. The van der Waals surface area contributed by atoms with E-state index in [1.54, 1.807) is 30.6 Å². The molecule has 0 aliphatic heterocycles. The molecule has 138 valence electrons. The van der Waals surface area contributed by atoms with Crippen molar-refractivity contribution in [1.82, 2.24) is 9.55 Å². The molecule has 0 saturated heterocycles. The van der Waals surface area contributed by atoms with Crippen LogP contribution in [0.4, 0.5) is 4.39 Å². The van der Waals surface area contributed by atoms with E-state index in [4.69, 9.17) is 17.3 Å². The third kappa shape index (κ3) is 2.96. The van der Waals surface area contributed by atoms with E-state index in [-0.39, 0.29) is 10.6 Å². The van der Waals surface area contributed by atoms with E-state index in [1.807, 2.05) is 34.9 Å². The third-order valence-electron chi connectivity index (χ3n) is 4.60. The van der Waals surface area contributed by atoms with Gasteiger partial charge in [0, 0.05) is 28.9 Å². The van der Waals surface area contributed by atoms with Crippen molar-refractivity contribution in [2.75, 3.05) is 0 Å². The minimum Gasteiger partial charge on any atom is -0.366 e. The Morgan fingerprint density at radius 1 is 1.14 bits per heavy atom. The molecule has 4 nitrogen and oxygen atoms in total. The number of carbonyl (C=O) groups excluding carboxylic acids is 1. The first kappa shape index (κ1) is 17.9. The topological polar surface area (TPSA) is 60.9 Å². The summed E-state index contributed by atoms with van der Waals surface area (Å²) in [5.41, 5.74) is 9.09. The van der Waals surface area contributed by atoms with Gasteiger partial charge in [-0.05, 0) is 48.0 Å². The molecule has 0 unspecified atom stereocenters. The van der Waals surface area contributed by atoms with Crippen LogP contribution in [-0.4, -0.2) is 15.5 Å². The van der Waals surface area contributed by atoms with Crippen molar-refractivity contribution >= 4 is 34.0 Å². The fourth-order valence-corrected chi connectivity index (χ4v) is 3.33. The summed E-state index contributed by atoms with van der Waals surface area (Å²) >= 11 is 5.91. The van der Waals surface area contributed by atoms with Crippen LogP contribution in [0.25, 0.3) is 33.4 Å². The van der Waals surface area contributed by atoms with Crippen LogP contribution in [0.15, 0.2) is 73.6 Å². The lowest BCUT2D eigenvalue weighted by atomic mass is 10.00. The number of benzene rings is 2. The van der Waals surface area contributed by atoms with Crippen LogP contribution in [0.3, 0.4) is 0 Å². The standard InChI is InChI=1S/C22H15ClFN3O/c1-13(22(25)28)14-5-7-20(16(12-14)18-4-2-3-10-26-18)27-11-9-15-19(27)8-6-17(23)21(15)24/h2-12H,1H2,(H2,25,28). The number of halogens is 2. The molecule has 2 heterocycles. The van der Waals surface area contributed by atoms with Gasteiger partial charge in [-0.25, -0.2) is 4.39 Å². The van der Waals surface area contributed by atoms with Gasteiger partial charge in [0.1, 0.15) is 0 Å². The SMILES string of the molecule is C=C(C(N)=O)c1ccc(-n2ccc3c(F)c(Cl)ccc32)c(-c2ccccn2)c1. The maximum Gasteiger partial charge on any atom is 0.248 e. The minimum atomic E-state index is -0.595. The van der Waals surface area contributed by atoms with E-state index < -0.39 is 11.7 Å². The molecule has 0 fully saturated rings. The number of nitrogens with zero attached hydrogens (tertiary/aromatic N) is 2. The van der Waals surface area contributed by atoms with Gasteiger partial charge in [-0.15, -0.1) is 0 Å². The van der Waals surface area contributed by atoms with E-state index >= 15 is 0 Å². The van der Waals surface area contributed by atoms with E-state index in [1.165, 1.54) is 6.07 Å². The number of amides is 1. The van der Waals surface area contributed by atoms with Gasteiger partial charge in [0.2, 0.25) is 5.91 Å². The molecule has 2 aromatic carbocycles. The van der Waals surface area contributed by atoms with Crippen LogP contribution in [0.1, 0.15) is 5.56 Å². The minimum absolute atomic E-state index is 0.0725. The molecular formula is C22H15ClFN3O. The molecule has 4 rings (SSSR count). The Balaban J connectivity index is 1.98. The summed E-state index contributed by atoms with van der Waals surface area (Å²) in [6.07, 6.45) is 3.45. The second-order valence-electron chi connectivity index (χ2n) is 6.27. The quantitative estimate of drug-likeness (QED) is 0.498. The highest BCUT2D eigenvalue weighted by Gasteiger charge is 2.16. The fourth-order valence-electron chi connectivity index (χ4n) is 3.17. The summed E-state index contributed by atoms with van der Waals surface area (Å²) in [5.74, 6) is -1.06. The largest absolute Gasteiger partial charge is 0.366 e.